The Morgan fingerprint density at radius 2 is 1.70 bits per heavy atom. The third-order valence-electron chi connectivity index (χ3n) is 3.69. The van der Waals surface area contributed by atoms with Crippen molar-refractivity contribution >= 4 is 35.3 Å². The van der Waals surface area contributed by atoms with E-state index >= 15 is 0 Å². The van der Waals surface area contributed by atoms with Crippen molar-refractivity contribution in [3.8, 4) is 5.75 Å². The van der Waals surface area contributed by atoms with Gasteiger partial charge < -0.3 is 4.74 Å². The van der Waals surface area contributed by atoms with Crippen LogP contribution in [0.25, 0.3) is 0 Å². The lowest BCUT2D eigenvalue weighted by Gasteiger charge is -2.08. The Morgan fingerprint density at radius 3 is 2.41 bits per heavy atom. The average Bonchev–Trinajstić information content (AvgIpc) is 2.70. The van der Waals surface area contributed by atoms with Crippen LogP contribution >= 0.6 is 23.2 Å². The van der Waals surface area contributed by atoms with Gasteiger partial charge in [-0.1, -0.05) is 59.6 Å². The first-order valence-electron chi connectivity index (χ1n) is 8.17. The van der Waals surface area contributed by atoms with E-state index in [1.54, 1.807) is 42.6 Å². The Labute approximate surface area is 167 Å². The highest BCUT2D eigenvalue weighted by Gasteiger charge is 2.05. The summed E-state index contributed by atoms with van der Waals surface area (Å²) in [7, 11) is 0. The Bertz CT molecular complexity index is 942. The molecule has 6 heteroatoms. The van der Waals surface area contributed by atoms with E-state index in [2.05, 4.69) is 10.5 Å². The lowest BCUT2D eigenvalue weighted by atomic mass is 10.2. The van der Waals surface area contributed by atoms with Crippen LogP contribution in [0.1, 0.15) is 21.5 Å². The smallest absolute Gasteiger partial charge is 0.271 e. The highest BCUT2D eigenvalue weighted by Crippen LogP contribution is 2.23. The van der Waals surface area contributed by atoms with Crippen LogP contribution in [0.3, 0.4) is 0 Å². The molecule has 0 spiro atoms. The van der Waals surface area contributed by atoms with Gasteiger partial charge in [0.2, 0.25) is 0 Å². The first-order valence-corrected chi connectivity index (χ1v) is 8.92. The second kappa shape index (κ2) is 9.21. The maximum Gasteiger partial charge on any atom is 0.271 e. The summed E-state index contributed by atoms with van der Waals surface area (Å²) in [4.78, 5) is 12.1. The van der Waals surface area contributed by atoms with Crippen molar-refractivity contribution < 1.29 is 9.53 Å². The van der Waals surface area contributed by atoms with Crippen LogP contribution in [0.15, 0.2) is 77.9 Å². The molecule has 0 saturated heterocycles. The number of hydrogen-bond donors (Lipinski definition) is 1. The minimum absolute atomic E-state index is 0.293. The fourth-order valence-corrected chi connectivity index (χ4v) is 2.59. The number of nitrogens with zero attached hydrogens (tertiary/aromatic N) is 1. The summed E-state index contributed by atoms with van der Waals surface area (Å²) in [6.07, 6.45) is 1.59. The van der Waals surface area contributed by atoms with Crippen molar-refractivity contribution in [1.29, 1.82) is 0 Å². The number of halogens is 2. The molecule has 0 radical (unpaired) electrons. The Morgan fingerprint density at radius 1 is 0.963 bits per heavy atom. The quantitative estimate of drug-likeness (QED) is 0.450. The number of rotatable bonds is 6. The molecule has 4 nitrogen and oxygen atoms in total. The normalized spacial score (nSPS) is 10.7. The zero-order valence-corrected chi connectivity index (χ0v) is 15.7. The van der Waals surface area contributed by atoms with E-state index in [0.717, 1.165) is 11.1 Å². The Hall–Kier alpha value is -2.82. The Kier molecular flexibility index (Phi) is 6.47. The van der Waals surface area contributed by atoms with Crippen LogP contribution in [-0.4, -0.2) is 12.1 Å². The summed E-state index contributed by atoms with van der Waals surface area (Å²) >= 11 is 11.9. The van der Waals surface area contributed by atoms with Gasteiger partial charge in [0.25, 0.3) is 5.91 Å². The predicted octanol–water partition coefficient (Wildman–Crippen LogP) is 5.34. The fraction of sp³-hybridized carbons (Fsp3) is 0.0476. The van der Waals surface area contributed by atoms with Crippen molar-refractivity contribution in [2.75, 3.05) is 0 Å². The third kappa shape index (κ3) is 5.58. The van der Waals surface area contributed by atoms with E-state index in [0.29, 0.717) is 28.0 Å². The van der Waals surface area contributed by atoms with E-state index in [1.165, 1.54) is 0 Å². The van der Waals surface area contributed by atoms with Gasteiger partial charge >= 0.3 is 0 Å². The van der Waals surface area contributed by atoms with Gasteiger partial charge in [-0.15, -0.1) is 0 Å². The first kappa shape index (κ1) is 19.0. The van der Waals surface area contributed by atoms with Crippen LogP contribution in [-0.2, 0) is 6.61 Å². The topological polar surface area (TPSA) is 50.7 Å². The molecular weight excluding hydrogens is 383 g/mol. The maximum atomic E-state index is 12.1. The molecule has 0 heterocycles. The van der Waals surface area contributed by atoms with Gasteiger partial charge in [-0.2, -0.15) is 5.10 Å². The number of ether oxygens (including phenoxy) is 1. The molecule has 0 aliphatic carbocycles. The average molecular weight is 399 g/mol. The number of hydrazone groups is 1. The van der Waals surface area contributed by atoms with Crippen LogP contribution in [0.2, 0.25) is 10.0 Å². The molecule has 0 aliphatic rings. The van der Waals surface area contributed by atoms with E-state index in [1.807, 2.05) is 36.4 Å². The monoisotopic (exact) mass is 398 g/mol. The van der Waals surface area contributed by atoms with Gasteiger partial charge in [-0.05, 0) is 47.5 Å². The Balaban J connectivity index is 1.53. The third-order valence-corrected chi connectivity index (χ3v) is 4.42. The number of carbonyl (C=O) groups excluding carboxylic acids is 1. The lowest BCUT2D eigenvalue weighted by molar-refractivity contribution is 0.0955. The van der Waals surface area contributed by atoms with Gasteiger partial charge in [-0.3, -0.25) is 4.79 Å². The molecule has 3 aromatic carbocycles. The molecule has 27 heavy (non-hydrogen) atoms. The van der Waals surface area contributed by atoms with Gasteiger partial charge in [0.1, 0.15) is 12.4 Å². The van der Waals surface area contributed by atoms with Crippen molar-refractivity contribution in [2.45, 2.75) is 6.61 Å². The number of nitrogens with one attached hydrogen (secondary N) is 1. The highest BCUT2D eigenvalue weighted by molar-refractivity contribution is 6.42. The van der Waals surface area contributed by atoms with Crippen molar-refractivity contribution in [2.24, 2.45) is 5.10 Å². The molecule has 0 atom stereocenters. The standard InChI is InChI=1S/C21H16Cl2N2O2/c22-19-11-6-16(12-20(19)23)14-27-18-9-7-17(8-10-18)21(26)25-24-13-15-4-2-1-3-5-15/h1-13H,14H2,(H,25,26)/b24-13+. The second-order valence-electron chi connectivity index (χ2n) is 5.67. The van der Waals surface area contributed by atoms with Crippen molar-refractivity contribution in [1.82, 2.24) is 5.43 Å². The summed E-state index contributed by atoms with van der Waals surface area (Å²) in [5.74, 6) is 0.351. The molecule has 1 N–H and O–H groups in total. The molecule has 136 valence electrons. The van der Waals surface area contributed by atoms with Crippen LogP contribution < -0.4 is 10.2 Å². The zero-order chi connectivity index (χ0) is 19.1. The molecular formula is C21H16Cl2N2O2. The molecule has 3 aromatic rings. The largest absolute Gasteiger partial charge is 0.489 e. The lowest BCUT2D eigenvalue weighted by Crippen LogP contribution is -2.17. The van der Waals surface area contributed by atoms with E-state index in [9.17, 15) is 4.79 Å². The molecule has 0 aliphatic heterocycles. The number of amides is 1. The number of carbonyl (C=O) groups is 1. The van der Waals surface area contributed by atoms with Crippen molar-refractivity contribution in [3.05, 3.63) is 99.5 Å². The highest BCUT2D eigenvalue weighted by atomic mass is 35.5. The first-order chi connectivity index (χ1) is 13.1. The maximum absolute atomic E-state index is 12.1. The summed E-state index contributed by atoms with van der Waals surface area (Å²) in [6.45, 7) is 0.351. The predicted molar refractivity (Wildman–Crippen MR) is 109 cm³/mol. The van der Waals surface area contributed by atoms with Crippen LogP contribution in [0.4, 0.5) is 0 Å². The fourth-order valence-electron chi connectivity index (χ4n) is 2.27. The minimum atomic E-state index is -0.293. The van der Waals surface area contributed by atoms with Gasteiger partial charge in [-0.25, -0.2) is 5.43 Å². The summed E-state index contributed by atoms with van der Waals surface area (Å²) in [5, 5.41) is 4.94. The summed E-state index contributed by atoms with van der Waals surface area (Å²) in [5.41, 5.74) is 4.80. The molecule has 0 unspecified atom stereocenters. The van der Waals surface area contributed by atoms with Gasteiger partial charge in [0, 0.05) is 5.56 Å². The zero-order valence-electron chi connectivity index (χ0n) is 14.2. The molecule has 3 rings (SSSR count). The number of benzene rings is 3. The molecule has 0 bridgehead atoms. The van der Waals surface area contributed by atoms with E-state index < -0.39 is 0 Å². The second-order valence-corrected chi connectivity index (χ2v) is 6.49. The van der Waals surface area contributed by atoms with E-state index in [4.69, 9.17) is 27.9 Å². The minimum Gasteiger partial charge on any atom is -0.489 e. The van der Waals surface area contributed by atoms with Gasteiger partial charge in [0.05, 0.1) is 16.3 Å². The molecule has 0 fully saturated rings. The molecule has 0 saturated carbocycles. The van der Waals surface area contributed by atoms with Crippen LogP contribution in [0, 0.1) is 0 Å². The van der Waals surface area contributed by atoms with Crippen molar-refractivity contribution in [3.63, 3.8) is 0 Å². The SMILES string of the molecule is O=C(N/N=C/c1ccccc1)c1ccc(OCc2ccc(Cl)c(Cl)c2)cc1. The van der Waals surface area contributed by atoms with Gasteiger partial charge in [0.15, 0.2) is 0 Å². The number of hydrogen-bond acceptors (Lipinski definition) is 3. The summed E-state index contributed by atoms with van der Waals surface area (Å²) < 4.78 is 5.70. The van der Waals surface area contributed by atoms with Crippen LogP contribution in [0.5, 0.6) is 5.75 Å². The molecule has 0 aromatic heterocycles. The molecule has 1 amide bonds. The van der Waals surface area contributed by atoms with E-state index in [-0.39, 0.29) is 5.91 Å². The summed E-state index contributed by atoms with van der Waals surface area (Å²) in [6, 6.07) is 21.7.